The molecule has 1 aliphatic heterocycles. The van der Waals surface area contributed by atoms with Gasteiger partial charge in [0.15, 0.2) is 0 Å². The molecule has 0 spiro atoms. The SMILES string of the molecule is CC(C)(C)NC(=O)C1c2ccccc2C=C(c2ccc(Cl)cc2)N1c1ccc(Cl)cc1. The fraction of sp³-hybridized carbons (Fsp3) is 0.192. The number of hydrogen-bond donors (Lipinski definition) is 1. The topological polar surface area (TPSA) is 32.3 Å². The van der Waals surface area contributed by atoms with Crippen LogP contribution >= 0.6 is 23.2 Å². The quantitative estimate of drug-likeness (QED) is 0.467. The molecule has 1 amide bonds. The summed E-state index contributed by atoms with van der Waals surface area (Å²) in [6.45, 7) is 5.96. The predicted molar refractivity (Wildman–Crippen MR) is 130 cm³/mol. The Bertz CT molecular complexity index is 1130. The number of benzene rings is 3. The standard InChI is InChI=1S/C26H24Cl2N2O/c1-26(2,3)29-25(31)24-22-7-5-4-6-18(22)16-23(17-8-10-19(27)11-9-17)30(24)21-14-12-20(28)13-15-21/h4-16,24H,1-3H3,(H,29,31). The van der Waals surface area contributed by atoms with Crippen molar-refractivity contribution in [3.63, 3.8) is 0 Å². The number of halogens is 2. The van der Waals surface area contributed by atoms with Gasteiger partial charge in [-0.2, -0.15) is 0 Å². The third-order valence-corrected chi connectivity index (χ3v) is 5.60. The molecule has 0 radical (unpaired) electrons. The van der Waals surface area contributed by atoms with Crippen LogP contribution in [0.1, 0.15) is 43.5 Å². The molecule has 1 heterocycles. The van der Waals surface area contributed by atoms with E-state index in [-0.39, 0.29) is 11.4 Å². The van der Waals surface area contributed by atoms with Crippen LogP contribution in [0.3, 0.4) is 0 Å². The molecule has 3 aromatic rings. The van der Waals surface area contributed by atoms with Crippen molar-refractivity contribution in [1.82, 2.24) is 5.32 Å². The fourth-order valence-electron chi connectivity index (χ4n) is 3.82. The van der Waals surface area contributed by atoms with Crippen molar-refractivity contribution in [1.29, 1.82) is 0 Å². The highest BCUT2D eigenvalue weighted by atomic mass is 35.5. The monoisotopic (exact) mass is 450 g/mol. The molecule has 3 nitrogen and oxygen atoms in total. The molecule has 158 valence electrons. The fourth-order valence-corrected chi connectivity index (χ4v) is 4.07. The van der Waals surface area contributed by atoms with E-state index < -0.39 is 6.04 Å². The minimum absolute atomic E-state index is 0.0607. The molecule has 0 aromatic heterocycles. The summed E-state index contributed by atoms with van der Waals surface area (Å²) in [6, 6.07) is 22.7. The summed E-state index contributed by atoms with van der Waals surface area (Å²) in [5, 5.41) is 4.48. The summed E-state index contributed by atoms with van der Waals surface area (Å²) in [7, 11) is 0. The van der Waals surface area contributed by atoms with Crippen LogP contribution in [0.5, 0.6) is 0 Å². The molecule has 3 aromatic carbocycles. The van der Waals surface area contributed by atoms with E-state index in [0.717, 1.165) is 28.1 Å². The maximum absolute atomic E-state index is 13.6. The van der Waals surface area contributed by atoms with Gasteiger partial charge >= 0.3 is 0 Å². The van der Waals surface area contributed by atoms with E-state index >= 15 is 0 Å². The van der Waals surface area contributed by atoms with Gasteiger partial charge < -0.3 is 10.2 Å². The van der Waals surface area contributed by atoms with Crippen molar-refractivity contribution >= 4 is 46.6 Å². The van der Waals surface area contributed by atoms with Gasteiger partial charge in [-0.25, -0.2) is 0 Å². The van der Waals surface area contributed by atoms with Crippen LogP contribution in [0.2, 0.25) is 10.0 Å². The van der Waals surface area contributed by atoms with E-state index in [1.54, 1.807) is 0 Å². The number of amides is 1. The van der Waals surface area contributed by atoms with Gasteiger partial charge in [0.05, 0.1) is 5.70 Å². The first kappa shape index (κ1) is 21.5. The van der Waals surface area contributed by atoms with E-state index in [4.69, 9.17) is 23.2 Å². The molecule has 1 aliphatic rings. The van der Waals surface area contributed by atoms with Crippen LogP contribution in [0.4, 0.5) is 5.69 Å². The molecule has 5 heteroatoms. The number of anilines is 1. The summed E-state index contributed by atoms with van der Waals surface area (Å²) in [4.78, 5) is 15.7. The second kappa shape index (κ2) is 8.41. The Morgan fingerprint density at radius 3 is 2.06 bits per heavy atom. The molecule has 1 N–H and O–H groups in total. The number of carbonyl (C=O) groups excluding carboxylic acids is 1. The van der Waals surface area contributed by atoms with Crippen molar-refractivity contribution in [2.45, 2.75) is 32.4 Å². The van der Waals surface area contributed by atoms with Gasteiger partial charge in [-0.15, -0.1) is 0 Å². The first-order valence-electron chi connectivity index (χ1n) is 10.2. The van der Waals surface area contributed by atoms with Crippen molar-refractivity contribution in [2.24, 2.45) is 0 Å². The van der Waals surface area contributed by atoms with E-state index in [9.17, 15) is 4.79 Å². The molecule has 1 unspecified atom stereocenters. The van der Waals surface area contributed by atoms with E-state index in [0.29, 0.717) is 10.0 Å². The van der Waals surface area contributed by atoms with E-state index in [1.807, 2.05) is 93.6 Å². The summed E-state index contributed by atoms with van der Waals surface area (Å²) in [6.07, 6.45) is 2.12. The highest BCUT2D eigenvalue weighted by molar-refractivity contribution is 6.31. The van der Waals surface area contributed by atoms with Gasteiger partial charge in [0.25, 0.3) is 0 Å². The number of carbonyl (C=O) groups is 1. The molecule has 1 atom stereocenters. The number of nitrogens with one attached hydrogen (secondary N) is 1. The van der Waals surface area contributed by atoms with Gasteiger partial charge in [-0.1, -0.05) is 59.6 Å². The molecule has 31 heavy (non-hydrogen) atoms. The van der Waals surface area contributed by atoms with Crippen LogP contribution in [0.15, 0.2) is 72.8 Å². The van der Waals surface area contributed by atoms with Crippen molar-refractivity contribution < 1.29 is 4.79 Å². The second-order valence-corrected chi connectivity index (χ2v) is 9.53. The van der Waals surface area contributed by atoms with Crippen LogP contribution in [-0.4, -0.2) is 11.4 Å². The Hall–Kier alpha value is -2.75. The van der Waals surface area contributed by atoms with Crippen molar-refractivity contribution in [3.05, 3.63) is 99.5 Å². The largest absolute Gasteiger partial charge is 0.349 e. The summed E-state index contributed by atoms with van der Waals surface area (Å²) in [5.41, 5.74) is 4.39. The van der Waals surface area contributed by atoms with Gasteiger partial charge in [0, 0.05) is 21.3 Å². The first-order valence-corrected chi connectivity index (χ1v) is 10.9. The minimum atomic E-state index is -0.535. The lowest BCUT2D eigenvalue weighted by Gasteiger charge is -2.40. The molecule has 4 rings (SSSR count). The van der Waals surface area contributed by atoms with E-state index in [1.165, 1.54) is 0 Å². The summed E-state index contributed by atoms with van der Waals surface area (Å²) < 4.78 is 0. The minimum Gasteiger partial charge on any atom is -0.349 e. The Labute approximate surface area is 193 Å². The Morgan fingerprint density at radius 1 is 0.871 bits per heavy atom. The van der Waals surface area contributed by atoms with E-state index in [2.05, 4.69) is 16.3 Å². The van der Waals surface area contributed by atoms with Crippen molar-refractivity contribution in [2.75, 3.05) is 4.90 Å². The number of rotatable bonds is 3. The lowest BCUT2D eigenvalue weighted by Crippen LogP contribution is -2.48. The number of hydrogen-bond acceptors (Lipinski definition) is 2. The molecule has 0 aliphatic carbocycles. The Morgan fingerprint density at radius 2 is 1.45 bits per heavy atom. The maximum atomic E-state index is 13.6. The van der Waals surface area contributed by atoms with Crippen LogP contribution in [0, 0.1) is 0 Å². The highest BCUT2D eigenvalue weighted by Gasteiger charge is 2.36. The zero-order valence-corrected chi connectivity index (χ0v) is 19.2. The zero-order valence-electron chi connectivity index (χ0n) is 17.7. The zero-order chi connectivity index (χ0) is 22.2. The molecular formula is C26H24Cl2N2O. The first-order chi connectivity index (χ1) is 14.7. The number of fused-ring (bicyclic) bond motifs is 1. The van der Waals surface area contributed by atoms with Crippen LogP contribution in [0.25, 0.3) is 11.8 Å². The average Bonchev–Trinajstić information content (AvgIpc) is 2.72. The van der Waals surface area contributed by atoms with Gasteiger partial charge in [0.2, 0.25) is 5.91 Å². The Kier molecular flexibility index (Phi) is 5.83. The smallest absolute Gasteiger partial charge is 0.248 e. The average molecular weight is 451 g/mol. The van der Waals surface area contributed by atoms with Crippen LogP contribution in [-0.2, 0) is 4.79 Å². The molecule has 0 saturated carbocycles. The lowest BCUT2D eigenvalue weighted by molar-refractivity contribution is -0.123. The third-order valence-electron chi connectivity index (χ3n) is 5.09. The number of nitrogens with zero attached hydrogens (tertiary/aromatic N) is 1. The summed E-state index contributed by atoms with van der Waals surface area (Å²) in [5.74, 6) is -0.0607. The van der Waals surface area contributed by atoms with Gasteiger partial charge in [-0.3, -0.25) is 4.79 Å². The maximum Gasteiger partial charge on any atom is 0.248 e. The third kappa shape index (κ3) is 4.63. The predicted octanol–water partition coefficient (Wildman–Crippen LogP) is 6.97. The molecule has 0 fully saturated rings. The Balaban J connectivity index is 1.93. The summed E-state index contributed by atoms with van der Waals surface area (Å²) >= 11 is 12.3. The molecule has 0 saturated heterocycles. The normalized spacial score (nSPS) is 15.8. The molecular weight excluding hydrogens is 427 g/mol. The van der Waals surface area contributed by atoms with Gasteiger partial charge in [-0.05, 0) is 79.9 Å². The lowest BCUT2D eigenvalue weighted by atomic mass is 9.90. The van der Waals surface area contributed by atoms with Gasteiger partial charge in [0.1, 0.15) is 6.04 Å². The van der Waals surface area contributed by atoms with Crippen LogP contribution < -0.4 is 10.2 Å². The molecule has 0 bridgehead atoms. The highest BCUT2D eigenvalue weighted by Crippen LogP contribution is 2.42. The van der Waals surface area contributed by atoms with Crippen molar-refractivity contribution in [3.8, 4) is 0 Å². The second-order valence-electron chi connectivity index (χ2n) is 8.65.